The average Bonchev–Trinajstić information content (AvgIpc) is 3.26. The molecule has 13 heteroatoms. The van der Waals surface area contributed by atoms with Crippen molar-refractivity contribution in [3.8, 4) is 0 Å². The summed E-state index contributed by atoms with van der Waals surface area (Å²) in [4.78, 5) is 67.8. The fourth-order valence-electron chi connectivity index (χ4n) is 7.05. The van der Waals surface area contributed by atoms with Crippen LogP contribution in [0.1, 0.15) is 74.1 Å². The first kappa shape index (κ1) is 36.4. The number of hydrogen-bond acceptors (Lipinski definition) is 7. The Morgan fingerprint density at radius 3 is 2.13 bits per heavy atom. The van der Waals surface area contributed by atoms with Crippen LogP contribution >= 0.6 is 0 Å². The van der Waals surface area contributed by atoms with Gasteiger partial charge in [0.25, 0.3) is 5.91 Å². The molecule has 1 aromatic rings. The number of nitrogens with two attached hydrogens (primary N) is 1. The quantitative estimate of drug-likeness (QED) is 0.232. The van der Waals surface area contributed by atoms with E-state index >= 15 is 0 Å². The Labute approximate surface area is 278 Å². The zero-order valence-corrected chi connectivity index (χ0v) is 29.4. The summed E-state index contributed by atoms with van der Waals surface area (Å²) < 4.78 is 26.2. The topological polar surface area (TPSA) is 185 Å². The van der Waals surface area contributed by atoms with Crippen LogP contribution in [0.15, 0.2) is 35.2 Å². The molecular weight excluding hydrogens is 622 g/mol. The molecule has 260 valence electrons. The SMILES string of the molecule is CC(C)[C@@H](CS(=O)(=O)c1ccccc1)NC(=O)N[C@H](C(=O)N1C[C@H]2[C@@H]([C@H]1C(=O)NC(CC1CCC1)C(=O)C(N)=O)C2(C)C)C(C)(C)C. The van der Waals surface area contributed by atoms with Gasteiger partial charge < -0.3 is 26.6 Å². The van der Waals surface area contributed by atoms with E-state index in [4.69, 9.17) is 5.73 Å². The molecule has 1 heterocycles. The Balaban J connectivity index is 1.52. The highest BCUT2D eigenvalue weighted by molar-refractivity contribution is 7.91. The maximum atomic E-state index is 14.3. The lowest BCUT2D eigenvalue weighted by Crippen LogP contribution is -2.62. The lowest BCUT2D eigenvalue weighted by atomic mass is 9.80. The molecule has 0 spiro atoms. The minimum absolute atomic E-state index is 0.0436. The molecule has 0 radical (unpaired) electrons. The molecule has 1 saturated heterocycles. The number of nitrogens with one attached hydrogen (secondary N) is 3. The zero-order chi connectivity index (χ0) is 35.1. The van der Waals surface area contributed by atoms with Crippen molar-refractivity contribution < 1.29 is 32.4 Å². The first-order chi connectivity index (χ1) is 21.8. The maximum absolute atomic E-state index is 14.3. The maximum Gasteiger partial charge on any atom is 0.315 e. The van der Waals surface area contributed by atoms with E-state index in [1.807, 2.05) is 13.8 Å². The van der Waals surface area contributed by atoms with E-state index in [1.54, 1.807) is 52.8 Å². The van der Waals surface area contributed by atoms with Gasteiger partial charge in [0.15, 0.2) is 9.84 Å². The minimum Gasteiger partial charge on any atom is -0.363 e. The summed E-state index contributed by atoms with van der Waals surface area (Å²) >= 11 is 0. The molecule has 47 heavy (non-hydrogen) atoms. The fraction of sp³-hybridized carbons (Fsp3) is 0.676. The van der Waals surface area contributed by atoms with Crippen LogP contribution in [0, 0.1) is 34.5 Å². The molecule has 2 aliphatic carbocycles. The minimum atomic E-state index is -3.71. The number of likely N-dealkylation sites (tertiary alicyclic amines) is 1. The number of fused-ring (bicyclic) bond motifs is 1. The molecule has 4 rings (SSSR count). The second-order valence-electron chi connectivity index (χ2n) is 15.6. The highest BCUT2D eigenvalue weighted by Gasteiger charge is 2.70. The van der Waals surface area contributed by atoms with Crippen LogP contribution in [-0.2, 0) is 29.0 Å². The van der Waals surface area contributed by atoms with Crippen LogP contribution in [0.5, 0.6) is 0 Å². The molecular formula is C34H51N5O7S. The molecule has 3 aliphatic rings. The molecule has 12 nitrogen and oxygen atoms in total. The smallest absolute Gasteiger partial charge is 0.315 e. The lowest BCUT2D eigenvalue weighted by molar-refractivity contribution is -0.145. The van der Waals surface area contributed by atoms with Crippen LogP contribution in [0.4, 0.5) is 4.79 Å². The third-order valence-electron chi connectivity index (χ3n) is 10.4. The molecule has 0 bridgehead atoms. The number of ketones is 1. The van der Waals surface area contributed by atoms with Crippen molar-refractivity contribution in [2.45, 2.75) is 103 Å². The predicted octanol–water partition coefficient (Wildman–Crippen LogP) is 2.41. The molecule has 1 unspecified atom stereocenters. The van der Waals surface area contributed by atoms with E-state index in [2.05, 4.69) is 16.0 Å². The molecule has 5 N–H and O–H groups in total. The highest BCUT2D eigenvalue weighted by Crippen LogP contribution is 2.65. The summed E-state index contributed by atoms with van der Waals surface area (Å²) in [5, 5.41) is 8.33. The molecule has 6 atom stereocenters. The monoisotopic (exact) mass is 673 g/mol. The summed E-state index contributed by atoms with van der Waals surface area (Å²) in [6.07, 6.45) is 3.14. The van der Waals surface area contributed by atoms with Gasteiger partial charge in [-0.05, 0) is 53.1 Å². The van der Waals surface area contributed by atoms with Crippen molar-refractivity contribution in [1.82, 2.24) is 20.9 Å². The van der Waals surface area contributed by atoms with E-state index < -0.39 is 69.0 Å². The number of sulfone groups is 1. The van der Waals surface area contributed by atoms with E-state index in [0.717, 1.165) is 19.3 Å². The molecule has 3 fully saturated rings. The van der Waals surface area contributed by atoms with Gasteiger partial charge in [0.05, 0.1) is 16.7 Å². The average molecular weight is 674 g/mol. The number of hydrogen-bond donors (Lipinski definition) is 4. The van der Waals surface area contributed by atoms with Crippen LogP contribution < -0.4 is 21.7 Å². The van der Waals surface area contributed by atoms with Crippen LogP contribution in [0.3, 0.4) is 0 Å². The highest BCUT2D eigenvalue weighted by atomic mass is 32.2. The van der Waals surface area contributed by atoms with Gasteiger partial charge in [-0.2, -0.15) is 0 Å². The van der Waals surface area contributed by atoms with Crippen molar-refractivity contribution in [3.05, 3.63) is 30.3 Å². The molecule has 1 aliphatic heterocycles. The van der Waals surface area contributed by atoms with E-state index in [-0.39, 0.29) is 39.7 Å². The summed E-state index contributed by atoms with van der Waals surface area (Å²) in [5.41, 5.74) is 4.32. The van der Waals surface area contributed by atoms with Crippen molar-refractivity contribution in [2.75, 3.05) is 12.3 Å². The second kappa shape index (κ2) is 13.6. The lowest BCUT2D eigenvalue weighted by Gasteiger charge is -2.38. The number of nitrogens with zero attached hydrogens (tertiary/aromatic N) is 1. The normalized spacial score (nSPS) is 23.9. The molecule has 5 amide bonds. The third kappa shape index (κ3) is 7.98. The second-order valence-corrected chi connectivity index (χ2v) is 17.6. The van der Waals surface area contributed by atoms with Crippen molar-refractivity contribution in [3.63, 3.8) is 0 Å². The number of carbonyl (C=O) groups is 5. The van der Waals surface area contributed by atoms with Gasteiger partial charge in [-0.25, -0.2) is 13.2 Å². The predicted molar refractivity (Wildman–Crippen MR) is 176 cm³/mol. The Hall–Kier alpha value is -3.48. The standard InChI is InChI=1S/C34H51N5O7S/c1-19(2)24(18-47(45,46)21-14-9-8-10-15-21)37-32(44)38-28(33(3,4)5)31(43)39-17-22-25(34(22,6)7)26(39)30(42)36-23(27(40)29(35)41)16-20-12-11-13-20/h8-10,14-15,19-20,22-26,28H,11-13,16-18H2,1-7H3,(H2,35,41)(H,36,42)(H2,37,38,44)/t22-,23?,24+,25-,26-,28+/m0/s1. The molecule has 2 saturated carbocycles. The summed E-state index contributed by atoms with van der Waals surface area (Å²) in [7, 11) is -3.71. The number of Topliss-reactive ketones (excluding diaryl/α,β-unsaturated/α-hetero) is 1. The van der Waals surface area contributed by atoms with Gasteiger partial charge in [0.2, 0.25) is 17.6 Å². The largest absolute Gasteiger partial charge is 0.363 e. The zero-order valence-electron chi connectivity index (χ0n) is 28.5. The molecule has 0 aromatic heterocycles. The number of rotatable bonds is 13. The van der Waals surface area contributed by atoms with Gasteiger partial charge in [-0.1, -0.05) is 85.9 Å². The Morgan fingerprint density at radius 1 is 1.00 bits per heavy atom. The van der Waals surface area contributed by atoms with Gasteiger partial charge >= 0.3 is 6.03 Å². The number of piperidine rings is 1. The first-order valence-corrected chi connectivity index (χ1v) is 18.2. The van der Waals surface area contributed by atoms with Crippen LogP contribution in [0.2, 0.25) is 0 Å². The summed E-state index contributed by atoms with van der Waals surface area (Å²) in [5.74, 6) is -3.41. The van der Waals surface area contributed by atoms with Crippen molar-refractivity contribution in [1.29, 1.82) is 0 Å². The third-order valence-corrected chi connectivity index (χ3v) is 12.2. The van der Waals surface area contributed by atoms with Gasteiger partial charge in [-0.3, -0.25) is 19.2 Å². The van der Waals surface area contributed by atoms with Crippen molar-refractivity contribution in [2.24, 2.45) is 40.2 Å². The van der Waals surface area contributed by atoms with Crippen LogP contribution in [0.25, 0.3) is 0 Å². The number of urea groups is 1. The molecule has 1 aromatic carbocycles. The van der Waals surface area contributed by atoms with E-state index in [1.165, 1.54) is 17.0 Å². The number of amides is 5. The first-order valence-electron chi connectivity index (χ1n) is 16.5. The summed E-state index contributed by atoms with van der Waals surface area (Å²) in [6.45, 7) is 13.4. The van der Waals surface area contributed by atoms with Gasteiger partial charge in [0.1, 0.15) is 12.1 Å². The number of benzene rings is 1. The van der Waals surface area contributed by atoms with E-state index in [0.29, 0.717) is 13.0 Å². The van der Waals surface area contributed by atoms with Crippen LogP contribution in [-0.4, -0.2) is 79.3 Å². The number of primary amides is 1. The van der Waals surface area contributed by atoms with Crippen molar-refractivity contribution >= 4 is 39.4 Å². The Kier molecular flexibility index (Phi) is 10.5. The van der Waals surface area contributed by atoms with Gasteiger partial charge in [0, 0.05) is 12.6 Å². The van der Waals surface area contributed by atoms with Gasteiger partial charge in [-0.15, -0.1) is 0 Å². The fourth-order valence-corrected chi connectivity index (χ4v) is 8.76. The Morgan fingerprint density at radius 2 is 1.62 bits per heavy atom. The summed E-state index contributed by atoms with van der Waals surface area (Å²) in [6, 6.07) is 3.55. The number of carbonyl (C=O) groups excluding carboxylic acids is 5. The van der Waals surface area contributed by atoms with E-state index in [9.17, 15) is 32.4 Å². The Bertz CT molecular complexity index is 1480.